The Morgan fingerprint density at radius 3 is 2.93 bits per heavy atom. The molecule has 0 spiro atoms. The van der Waals surface area contributed by atoms with Crippen LogP contribution in [-0.4, -0.2) is 10.5 Å². The summed E-state index contributed by atoms with van der Waals surface area (Å²) in [6.07, 6.45) is 0. The number of carbonyl (C=O) groups excluding carboxylic acids is 1. The van der Waals surface area contributed by atoms with Crippen LogP contribution in [0.1, 0.15) is 17.4 Å². The number of halogens is 1. The van der Waals surface area contributed by atoms with Crippen LogP contribution in [0.5, 0.6) is 0 Å². The highest BCUT2D eigenvalue weighted by atomic mass is 35.5. The number of fused-ring (bicyclic) bond motifs is 1. The van der Waals surface area contributed by atoms with E-state index >= 15 is 0 Å². The Kier molecular flexibility index (Phi) is 2.25. The second-order valence-electron chi connectivity index (χ2n) is 2.94. The van der Waals surface area contributed by atoms with Gasteiger partial charge in [0.25, 0.3) is 5.91 Å². The molecule has 0 radical (unpaired) electrons. The van der Waals surface area contributed by atoms with Crippen molar-refractivity contribution in [2.45, 2.75) is 13.5 Å². The molecule has 5 heteroatoms. The van der Waals surface area contributed by atoms with Crippen molar-refractivity contribution >= 4 is 39.1 Å². The molecule has 0 saturated carbocycles. The molecule has 0 aromatic carbocycles. The van der Waals surface area contributed by atoms with Crippen LogP contribution in [0.4, 0.5) is 0 Å². The predicted molar refractivity (Wildman–Crippen MR) is 59.0 cm³/mol. The zero-order valence-corrected chi connectivity index (χ0v) is 9.15. The molecule has 0 fully saturated rings. The number of primary amides is 1. The minimum absolute atomic E-state index is 0.397. The second-order valence-corrected chi connectivity index (χ2v) is 4.65. The molecule has 1 amide bonds. The van der Waals surface area contributed by atoms with Gasteiger partial charge in [-0.25, -0.2) is 0 Å². The molecule has 2 aromatic rings. The first kappa shape index (κ1) is 9.55. The Labute approximate surface area is 90.1 Å². The molecule has 0 bridgehead atoms. The van der Waals surface area contributed by atoms with Gasteiger partial charge in [-0.3, -0.25) is 4.79 Å². The second kappa shape index (κ2) is 3.29. The Morgan fingerprint density at radius 1 is 1.64 bits per heavy atom. The molecule has 0 atom stereocenters. The quantitative estimate of drug-likeness (QED) is 0.844. The van der Waals surface area contributed by atoms with Crippen molar-refractivity contribution in [1.29, 1.82) is 0 Å². The van der Waals surface area contributed by atoms with Gasteiger partial charge in [0.2, 0.25) is 0 Å². The minimum Gasteiger partial charge on any atom is -0.364 e. The zero-order valence-electron chi connectivity index (χ0n) is 7.58. The van der Waals surface area contributed by atoms with Crippen molar-refractivity contribution in [1.82, 2.24) is 4.57 Å². The predicted octanol–water partition coefficient (Wildman–Crippen LogP) is 2.48. The van der Waals surface area contributed by atoms with Crippen molar-refractivity contribution in [2.24, 2.45) is 5.73 Å². The molecule has 14 heavy (non-hydrogen) atoms. The third-order valence-corrected chi connectivity index (χ3v) is 3.33. The monoisotopic (exact) mass is 228 g/mol. The first-order valence-corrected chi connectivity index (χ1v) is 5.41. The van der Waals surface area contributed by atoms with E-state index < -0.39 is 5.91 Å². The van der Waals surface area contributed by atoms with Crippen molar-refractivity contribution in [2.75, 3.05) is 0 Å². The van der Waals surface area contributed by atoms with Crippen LogP contribution in [0.25, 0.3) is 10.2 Å². The molecule has 0 saturated heterocycles. The van der Waals surface area contributed by atoms with Gasteiger partial charge in [-0.05, 0) is 19.1 Å². The van der Waals surface area contributed by atoms with E-state index in [1.165, 1.54) is 11.3 Å². The molecule has 2 aromatic heterocycles. The first-order valence-electron chi connectivity index (χ1n) is 4.22. The molecule has 2 rings (SSSR count). The Morgan fingerprint density at radius 2 is 2.36 bits per heavy atom. The summed E-state index contributed by atoms with van der Waals surface area (Å²) in [6.45, 7) is 2.69. The molecule has 0 unspecified atom stereocenters. The van der Waals surface area contributed by atoms with Gasteiger partial charge in [0, 0.05) is 6.54 Å². The number of aromatic nitrogens is 1. The van der Waals surface area contributed by atoms with Crippen molar-refractivity contribution < 1.29 is 4.79 Å². The molecule has 2 heterocycles. The maximum atomic E-state index is 11.1. The lowest BCUT2D eigenvalue weighted by molar-refractivity contribution is 0.0992. The van der Waals surface area contributed by atoms with Crippen molar-refractivity contribution in [3.05, 3.63) is 22.2 Å². The smallest absolute Gasteiger partial charge is 0.265 e. The number of thiophene rings is 1. The van der Waals surface area contributed by atoms with Gasteiger partial charge in [0.05, 0.1) is 14.6 Å². The topological polar surface area (TPSA) is 48.0 Å². The summed E-state index contributed by atoms with van der Waals surface area (Å²) in [7, 11) is 0. The number of hydrogen-bond donors (Lipinski definition) is 1. The first-order chi connectivity index (χ1) is 6.63. The van der Waals surface area contributed by atoms with Crippen LogP contribution in [0.3, 0.4) is 0 Å². The van der Waals surface area contributed by atoms with E-state index in [2.05, 4.69) is 0 Å². The van der Waals surface area contributed by atoms with Crippen molar-refractivity contribution in [3.63, 3.8) is 0 Å². The number of rotatable bonds is 2. The number of nitrogens with two attached hydrogens (primary N) is 1. The van der Waals surface area contributed by atoms with Crippen LogP contribution >= 0.6 is 22.9 Å². The third-order valence-electron chi connectivity index (χ3n) is 2.13. The van der Waals surface area contributed by atoms with E-state index in [4.69, 9.17) is 17.3 Å². The molecular formula is C9H9ClN2OS. The molecule has 74 valence electrons. The lowest BCUT2D eigenvalue weighted by Gasteiger charge is -2.02. The largest absolute Gasteiger partial charge is 0.364 e. The zero-order chi connectivity index (χ0) is 10.3. The van der Waals surface area contributed by atoms with E-state index in [0.29, 0.717) is 5.69 Å². The highest BCUT2D eigenvalue weighted by molar-refractivity contribution is 7.22. The maximum Gasteiger partial charge on any atom is 0.265 e. The van der Waals surface area contributed by atoms with Gasteiger partial charge in [0.1, 0.15) is 5.69 Å². The van der Waals surface area contributed by atoms with Crippen LogP contribution in [0, 0.1) is 0 Å². The van der Waals surface area contributed by atoms with E-state index in [9.17, 15) is 4.79 Å². The standard InChI is InChI=1S/C9H9ClN2OS/c1-2-12-5-4-8(10)14-7(5)3-6(12)9(11)13/h3-4H,2H2,1H3,(H2,11,13). The highest BCUT2D eigenvalue weighted by Crippen LogP contribution is 2.31. The van der Waals surface area contributed by atoms with Gasteiger partial charge in [-0.1, -0.05) is 11.6 Å². The number of aryl methyl sites for hydroxylation is 1. The molecule has 2 N–H and O–H groups in total. The normalized spacial score (nSPS) is 11.0. The third kappa shape index (κ3) is 1.31. The number of hydrogen-bond acceptors (Lipinski definition) is 2. The van der Waals surface area contributed by atoms with Gasteiger partial charge in [0.15, 0.2) is 0 Å². The van der Waals surface area contributed by atoms with Crippen LogP contribution in [-0.2, 0) is 6.54 Å². The van der Waals surface area contributed by atoms with E-state index in [-0.39, 0.29) is 0 Å². The number of carbonyl (C=O) groups is 1. The van der Waals surface area contributed by atoms with Gasteiger partial charge in [-0.15, -0.1) is 11.3 Å². The molecule has 3 nitrogen and oxygen atoms in total. The average molecular weight is 229 g/mol. The summed E-state index contributed by atoms with van der Waals surface area (Å²) in [5.74, 6) is -0.397. The summed E-state index contributed by atoms with van der Waals surface area (Å²) in [5, 5.41) is 0. The van der Waals surface area contributed by atoms with E-state index in [1.54, 1.807) is 6.07 Å². The van der Waals surface area contributed by atoms with Gasteiger partial charge < -0.3 is 10.3 Å². The van der Waals surface area contributed by atoms with Crippen LogP contribution in [0.15, 0.2) is 12.1 Å². The van der Waals surface area contributed by atoms with Crippen LogP contribution < -0.4 is 5.73 Å². The van der Waals surface area contributed by atoms with E-state index in [0.717, 1.165) is 21.1 Å². The summed E-state index contributed by atoms with van der Waals surface area (Å²) < 4.78 is 3.61. The van der Waals surface area contributed by atoms with Gasteiger partial charge >= 0.3 is 0 Å². The summed E-state index contributed by atoms with van der Waals surface area (Å²) in [5.41, 5.74) is 6.79. The lowest BCUT2D eigenvalue weighted by Crippen LogP contribution is -2.16. The maximum absolute atomic E-state index is 11.1. The number of amides is 1. The molecule has 0 aliphatic carbocycles. The lowest BCUT2D eigenvalue weighted by atomic mass is 10.4. The fourth-order valence-corrected chi connectivity index (χ4v) is 2.73. The Hall–Kier alpha value is -1.00. The van der Waals surface area contributed by atoms with Crippen LogP contribution in [0.2, 0.25) is 4.34 Å². The average Bonchev–Trinajstić information content (AvgIpc) is 2.59. The Bertz CT molecular complexity index is 500. The summed E-state index contributed by atoms with van der Waals surface area (Å²) >= 11 is 7.33. The summed E-state index contributed by atoms with van der Waals surface area (Å²) in [4.78, 5) is 11.1. The minimum atomic E-state index is -0.397. The number of nitrogens with zero attached hydrogens (tertiary/aromatic N) is 1. The fourth-order valence-electron chi connectivity index (χ4n) is 1.56. The van der Waals surface area contributed by atoms with Crippen molar-refractivity contribution in [3.8, 4) is 0 Å². The molecule has 0 aliphatic rings. The Balaban J connectivity index is 2.74. The van der Waals surface area contributed by atoms with E-state index in [1.807, 2.05) is 17.6 Å². The summed E-state index contributed by atoms with van der Waals surface area (Å²) in [6, 6.07) is 3.65. The SMILES string of the molecule is CCn1c(C(N)=O)cc2sc(Cl)cc21. The fraction of sp³-hybridized carbons (Fsp3) is 0.222. The van der Waals surface area contributed by atoms with Gasteiger partial charge in [-0.2, -0.15) is 0 Å². The highest BCUT2D eigenvalue weighted by Gasteiger charge is 2.13. The molecule has 0 aliphatic heterocycles. The molecular weight excluding hydrogens is 220 g/mol.